The Labute approximate surface area is 122 Å². The molecule has 0 unspecified atom stereocenters. The Balaban J connectivity index is 2.06. The van der Waals surface area contributed by atoms with Crippen LogP contribution in [0, 0.1) is 0 Å². The Bertz CT molecular complexity index is 608. The predicted molar refractivity (Wildman–Crippen MR) is 85.0 cm³/mol. The quantitative estimate of drug-likeness (QED) is 0.831. The van der Waals surface area contributed by atoms with Crippen LogP contribution < -0.4 is 11.1 Å². The molecule has 0 aliphatic heterocycles. The third kappa shape index (κ3) is 3.46. The molecule has 0 saturated heterocycles. The number of nitrogens with zero attached hydrogens (tertiary/aromatic N) is 2. The zero-order valence-electron chi connectivity index (χ0n) is 12.0. The topological polar surface area (TPSA) is 71.2 Å². The lowest BCUT2D eigenvalue weighted by Gasteiger charge is -2.23. The molecule has 1 amide bonds. The molecule has 1 aromatic heterocycles. The van der Waals surface area contributed by atoms with Crippen LogP contribution in [-0.4, -0.2) is 34.9 Å². The van der Waals surface area contributed by atoms with Crippen molar-refractivity contribution in [1.82, 2.24) is 9.88 Å². The number of nitrogens with two attached hydrogens (primary N) is 1. The minimum absolute atomic E-state index is 0.0346. The fourth-order valence-electron chi connectivity index (χ4n) is 2.00. The summed E-state index contributed by atoms with van der Waals surface area (Å²) in [6, 6.07) is 5.89. The molecule has 0 atom stereocenters. The Hall–Kier alpha value is -1.66. The molecular weight excluding hydrogens is 272 g/mol. The first-order valence-corrected chi connectivity index (χ1v) is 7.51. The first kappa shape index (κ1) is 14.7. The number of nitrogen functional groups attached to an aromatic ring is 1. The van der Waals surface area contributed by atoms with Gasteiger partial charge in [-0.15, -0.1) is 0 Å². The van der Waals surface area contributed by atoms with Gasteiger partial charge in [0.2, 0.25) is 5.91 Å². The van der Waals surface area contributed by atoms with Gasteiger partial charge in [-0.3, -0.25) is 9.69 Å². The van der Waals surface area contributed by atoms with E-state index in [-0.39, 0.29) is 5.91 Å². The summed E-state index contributed by atoms with van der Waals surface area (Å²) in [6.07, 6.45) is 0. The number of likely N-dealkylation sites (N-methyl/N-ethyl adjacent to an activating group) is 1. The third-order valence-electron chi connectivity index (χ3n) is 3.14. The van der Waals surface area contributed by atoms with E-state index in [1.807, 2.05) is 25.1 Å². The van der Waals surface area contributed by atoms with E-state index in [1.54, 1.807) is 0 Å². The summed E-state index contributed by atoms with van der Waals surface area (Å²) in [5, 5.41) is 3.48. The molecule has 0 aliphatic carbocycles. The van der Waals surface area contributed by atoms with Crippen molar-refractivity contribution in [1.29, 1.82) is 0 Å². The summed E-state index contributed by atoms with van der Waals surface area (Å²) in [4.78, 5) is 18.5. The second-order valence-electron chi connectivity index (χ2n) is 4.95. The van der Waals surface area contributed by atoms with E-state index in [9.17, 15) is 4.79 Å². The maximum Gasteiger partial charge on any atom is 0.240 e. The van der Waals surface area contributed by atoms with Crippen molar-refractivity contribution >= 4 is 38.3 Å². The summed E-state index contributed by atoms with van der Waals surface area (Å²) >= 11 is 1.44. The van der Waals surface area contributed by atoms with Crippen molar-refractivity contribution < 1.29 is 4.79 Å². The lowest BCUT2D eigenvalue weighted by molar-refractivity contribution is -0.117. The molecule has 2 aromatic rings. The lowest BCUT2D eigenvalue weighted by atomic mass is 10.3. The number of anilines is 2. The number of amides is 1. The van der Waals surface area contributed by atoms with Gasteiger partial charge in [-0.1, -0.05) is 18.3 Å². The van der Waals surface area contributed by atoms with Crippen LogP contribution in [0.3, 0.4) is 0 Å². The summed E-state index contributed by atoms with van der Waals surface area (Å²) in [5.74, 6) is -0.0346. The Morgan fingerprint density at radius 3 is 2.90 bits per heavy atom. The van der Waals surface area contributed by atoms with Gasteiger partial charge in [-0.2, -0.15) is 0 Å². The Morgan fingerprint density at radius 1 is 1.50 bits per heavy atom. The van der Waals surface area contributed by atoms with Crippen LogP contribution in [0.4, 0.5) is 10.8 Å². The summed E-state index contributed by atoms with van der Waals surface area (Å²) in [5.41, 5.74) is 7.30. The zero-order valence-corrected chi connectivity index (χ0v) is 12.8. The third-order valence-corrected chi connectivity index (χ3v) is 4.08. The number of hydrogen-bond donors (Lipinski definition) is 2. The molecular formula is C14H20N4OS. The van der Waals surface area contributed by atoms with Gasteiger partial charge >= 0.3 is 0 Å². The van der Waals surface area contributed by atoms with Gasteiger partial charge < -0.3 is 11.1 Å². The number of aromatic nitrogens is 1. The standard InChI is InChI=1S/C14H20N4OS/c1-4-18(9(2)3)8-13(19)17-14-16-11-6-5-10(15)7-12(11)20-14/h5-7,9H,4,8,15H2,1-3H3,(H,16,17,19). The van der Waals surface area contributed by atoms with Crippen LogP contribution in [0.25, 0.3) is 10.2 Å². The van der Waals surface area contributed by atoms with Crippen molar-refractivity contribution in [2.24, 2.45) is 0 Å². The number of thiazole rings is 1. The number of fused-ring (bicyclic) bond motifs is 1. The molecule has 2 rings (SSSR count). The highest BCUT2D eigenvalue weighted by atomic mass is 32.1. The van der Waals surface area contributed by atoms with Crippen LogP contribution in [0.5, 0.6) is 0 Å². The van der Waals surface area contributed by atoms with Crippen LogP contribution >= 0.6 is 11.3 Å². The maximum atomic E-state index is 12.0. The monoisotopic (exact) mass is 292 g/mol. The van der Waals surface area contributed by atoms with Gasteiger partial charge in [0, 0.05) is 11.7 Å². The van der Waals surface area contributed by atoms with Crippen molar-refractivity contribution in [3.05, 3.63) is 18.2 Å². The molecule has 0 bridgehead atoms. The lowest BCUT2D eigenvalue weighted by Crippen LogP contribution is -2.37. The number of carbonyl (C=O) groups is 1. The number of carbonyl (C=O) groups excluding carboxylic acids is 1. The molecule has 20 heavy (non-hydrogen) atoms. The molecule has 6 heteroatoms. The molecule has 1 heterocycles. The molecule has 3 N–H and O–H groups in total. The van der Waals surface area contributed by atoms with E-state index in [1.165, 1.54) is 11.3 Å². The molecule has 0 radical (unpaired) electrons. The summed E-state index contributed by atoms with van der Waals surface area (Å²) < 4.78 is 0.983. The van der Waals surface area contributed by atoms with E-state index in [0.29, 0.717) is 23.4 Å². The molecule has 1 aromatic carbocycles. The summed E-state index contributed by atoms with van der Waals surface area (Å²) in [6.45, 7) is 7.44. The van der Waals surface area contributed by atoms with E-state index in [2.05, 4.69) is 29.0 Å². The number of hydrogen-bond acceptors (Lipinski definition) is 5. The van der Waals surface area contributed by atoms with E-state index >= 15 is 0 Å². The van der Waals surface area contributed by atoms with Crippen LogP contribution in [0.15, 0.2) is 18.2 Å². The van der Waals surface area contributed by atoms with E-state index in [4.69, 9.17) is 5.73 Å². The fourth-order valence-corrected chi connectivity index (χ4v) is 2.93. The fraction of sp³-hybridized carbons (Fsp3) is 0.429. The molecule has 0 aliphatic rings. The summed E-state index contributed by atoms with van der Waals surface area (Å²) in [7, 11) is 0. The van der Waals surface area contributed by atoms with Crippen molar-refractivity contribution in [3.8, 4) is 0 Å². The Morgan fingerprint density at radius 2 is 2.25 bits per heavy atom. The van der Waals surface area contributed by atoms with Gasteiger partial charge in [-0.05, 0) is 38.6 Å². The van der Waals surface area contributed by atoms with E-state index < -0.39 is 0 Å². The predicted octanol–water partition coefficient (Wildman–Crippen LogP) is 2.55. The molecule has 108 valence electrons. The van der Waals surface area contributed by atoms with Crippen molar-refractivity contribution in [2.75, 3.05) is 24.1 Å². The second kappa shape index (κ2) is 6.19. The number of benzene rings is 1. The number of nitrogens with one attached hydrogen (secondary N) is 1. The average Bonchev–Trinajstić information content (AvgIpc) is 2.76. The Kier molecular flexibility index (Phi) is 4.57. The first-order chi connectivity index (χ1) is 9.49. The molecule has 0 saturated carbocycles. The largest absolute Gasteiger partial charge is 0.399 e. The minimum atomic E-state index is -0.0346. The van der Waals surface area contributed by atoms with Gasteiger partial charge in [0.15, 0.2) is 5.13 Å². The van der Waals surface area contributed by atoms with E-state index in [0.717, 1.165) is 16.8 Å². The molecule has 0 fully saturated rings. The van der Waals surface area contributed by atoms with Gasteiger partial charge in [-0.25, -0.2) is 4.98 Å². The smallest absolute Gasteiger partial charge is 0.240 e. The highest BCUT2D eigenvalue weighted by Crippen LogP contribution is 2.27. The normalized spacial score (nSPS) is 11.4. The van der Waals surface area contributed by atoms with Crippen LogP contribution in [0.1, 0.15) is 20.8 Å². The SMILES string of the molecule is CCN(CC(=O)Nc1nc2ccc(N)cc2s1)C(C)C. The zero-order chi connectivity index (χ0) is 14.7. The molecule has 0 spiro atoms. The second-order valence-corrected chi connectivity index (χ2v) is 5.98. The van der Waals surface area contributed by atoms with Gasteiger partial charge in [0.25, 0.3) is 0 Å². The maximum absolute atomic E-state index is 12.0. The minimum Gasteiger partial charge on any atom is -0.399 e. The van der Waals surface area contributed by atoms with Crippen LogP contribution in [-0.2, 0) is 4.79 Å². The van der Waals surface area contributed by atoms with Gasteiger partial charge in [0.05, 0.1) is 16.8 Å². The highest BCUT2D eigenvalue weighted by molar-refractivity contribution is 7.22. The first-order valence-electron chi connectivity index (χ1n) is 6.69. The van der Waals surface area contributed by atoms with Crippen molar-refractivity contribution in [3.63, 3.8) is 0 Å². The molecule has 5 nitrogen and oxygen atoms in total. The van der Waals surface area contributed by atoms with Gasteiger partial charge in [0.1, 0.15) is 0 Å². The average molecular weight is 292 g/mol. The van der Waals surface area contributed by atoms with Crippen LogP contribution in [0.2, 0.25) is 0 Å². The van der Waals surface area contributed by atoms with Crippen molar-refractivity contribution in [2.45, 2.75) is 26.8 Å². The number of rotatable bonds is 5. The highest BCUT2D eigenvalue weighted by Gasteiger charge is 2.13.